The maximum atomic E-state index is 12.5. The third kappa shape index (κ3) is 3.06. The molecule has 0 radical (unpaired) electrons. The number of amides is 1. The summed E-state index contributed by atoms with van der Waals surface area (Å²) in [4.78, 5) is 21.5. The molecule has 0 aliphatic carbocycles. The number of thiazole rings is 1. The van der Waals surface area contributed by atoms with Gasteiger partial charge in [-0.15, -0.1) is 0 Å². The molecule has 3 heterocycles. The van der Waals surface area contributed by atoms with Crippen molar-refractivity contribution in [1.29, 1.82) is 0 Å². The Balaban J connectivity index is 1.48. The lowest BCUT2D eigenvalue weighted by molar-refractivity contribution is -0.141. The number of hydrogen-bond donors (Lipinski definition) is 0. The Morgan fingerprint density at radius 1 is 1.32 bits per heavy atom. The number of rotatable bonds is 3. The predicted molar refractivity (Wildman–Crippen MR) is 98.7 cm³/mol. The van der Waals surface area contributed by atoms with E-state index in [-0.39, 0.29) is 12.0 Å². The van der Waals surface area contributed by atoms with Crippen LogP contribution in [0.1, 0.15) is 18.4 Å². The highest BCUT2D eigenvalue weighted by atomic mass is 32.1. The molecular weight excluding hydrogens is 338 g/mol. The second kappa shape index (κ2) is 6.80. The summed E-state index contributed by atoms with van der Waals surface area (Å²) in [5.41, 5.74) is 2.15. The number of aromatic nitrogens is 1. The summed E-state index contributed by atoms with van der Waals surface area (Å²) in [5, 5.41) is 1.01. The van der Waals surface area contributed by atoms with Crippen LogP contribution in [0.3, 0.4) is 0 Å². The highest BCUT2D eigenvalue weighted by molar-refractivity contribution is 7.22. The molecule has 2 aromatic rings. The van der Waals surface area contributed by atoms with E-state index in [2.05, 4.69) is 17.9 Å². The number of carbonyl (C=O) groups excluding carboxylic acids is 1. The molecule has 0 bridgehead atoms. The monoisotopic (exact) mass is 361 g/mol. The summed E-state index contributed by atoms with van der Waals surface area (Å²) in [6.07, 6.45) is 1.63. The molecule has 134 valence electrons. The maximum absolute atomic E-state index is 12.5. The van der Waals surface area contributed by atoms with Crippen molar-refractivity contribution in [3.63, 3.8) is 0 Å². The van der Waals surface area contributed by atoms with E-state index in [4.69, 9.17) is 14.5 Å². The van der Waals surface area contributed by atoms with Crippen LogP contribution in [0.25, 0.3) is 10.2 Å². The van der Waals surface area contributed by atoms with Crippen LogP contribution in [0.5, 0.6) is 5.75 Å². The van der Waals surface area contributed by atoms with Crippen molar-refractivity contribution >= 4 is 32.6 Å². The Kier molecular flexibility index (Phi) is 4.52. The van der Waals surface area contributed by atoms with Crippen LogP contribution < -0.4 is 9.64 Å². The number of fused-ring (bicyclic) bond motifs is 1. The van der Waals surface area contributed by atoms with Gasteiger partial charge in [0.1, 0.15) is 17.4 Å². The lowest BCUT2D eigenvalue weighted by Gasteiger charge is -2.35. The van der Waals surface area contributed by atoms with E-state index in [1.807, 2.05) is 11.0 Å². The zero-order valence-corrected chi connectivity index (χ0v) is 15.5. The number of aryl methyl sites for hydroxylation is 1. The van der Waals surface area contributed by atoms with E-state index in [0.717, 1.165) is 55.4 Å². The van der Waals surface area contributed by atoms with Gasteiger partial charge in [-0.1, -0.05) is 17.4 Å². The van der Waals surface area contributed by atoms with Crippen LogP contribution in [0.4, 0.5) is 5.13 Å². The van der Waals surface area contributed by atoms with Gasteiger partial charge in [0.25, 0.3) is 5.91 Å². The lowest BCUT2D eigenvalue weighted by Crippen LogP contribution is -2.51. The zero-order valence-electron chi connectivity index (χ0n) is 14.7. The highest BCUT2D eigenvalue weighted by Gasteiger charge is 2.31. The summed E-state index contributed by atoms with van der Waals surface area (Å²) in [6, 6.07) is 4.04. The Labute approximate surface area is 151 Å². The first-order chi connectivity index (χ1) is 12.2. The number of hydrogen-bond acceptors (Lipinski definition) is 6. The molecule has 1 aromatic heterocycles. The van der Waals surface area contributed by atoms with Crippen LogP contribution >= 0.6 is 11.3 Å². The molecular formula is C18H23N3O3S. The van der Waals surface area contributed by atoms with E-state index in [9.17, 15) is 4.79 Å². The molecule has 1 unspecified atom stereocenters. The number of carbonyl (C=O) groups is 1. The number of anilines is 1. The summed E-state index contributed by atoms with van der Waals surface area (Å²) < 4.78 is 12.1. The normalized spacial score (nSPS) is 21.1. The number of nitrogens with zero attached hydrogens (tertiary/aromatic N) is 3. The van der Waals surface area contributed by atoms with Gasteiger partial charge >= 0.3 is 0 Å². The molecule has 0 spiro atoms. The smallest absolute Gasteiger partial charge is 0.251 e. The molecule has 0 saturated carbocycles. The first-order valence-electron chi connectivity index (χ1n) is 8.77. The largest absolute Gasteiger partial charge is 0.494 e. The van der Waals surface area contributed by atoms with E-state index >= 15 is 0 Å². The van der Waals surface area contributed by atoms with Crippen LogP contribution in [0.15, 0.2) is 12.1 Å². The van der Waals surface area contributed by atoms with Crippen LogP contribution in [0, 0.1) is 6.92 Å². The fourth-order valence-electron chi connectivity index (χ4n) is 3.49. The number of ether oxygens (including phenoxy) is 2. The van der Waals surface area contributed by atoms with E-state index < -0.39 is 0 Å². The Morgan fingerprint density at radius 3 is 2.80 bits per heavy atom. The standard InChI is InChI=1S/C18H23N3O3S/c1-12-5-6-13(23-2)15-16(12)25-18(19-15)21-9-7-20(8-10-21)17(22)14-4-3-11-24-14/h5-6,14H,3-4,7-11H2,1-2H3. The van der Waals surface area contributed by atoms with Crippen molar-refractivity contribution in [3.05, 3.63) is 17.7 Å². The minimum absolute atomic E-state index is 0.152. The van der Waals surface area contributed by atoms with E-state index in [0.29, 0.717) is 6.61 Å². The van der Waals surface area contributed by atoms with Crippen molar-refractivity contribution in [2.45, 2.75) is 25.9 Å². The van der Waals surface area contributed by atoms with Crippen LogP contribution in [-0.2, 0) is 9.53 Å². The van der Waals surface area contributed by atoms with Crippen molar-refractivity contribution in [3.8, 4) is 5.75 Å². The maximum Gasteiger partial charge on any atom is 0.251 e. The number of benzene rings is 1. The minimum Gasteiger partial charge on any atom is -0.494 e. The molecule has 1 amide bonds. The van der Waals surface area contributed by atoms with Gasteiger partial charge in [0.2, 0.25) is 0 Å². The third-order valence-electron chi connectivity index (χ3n) is 4.98. The van der Waals surface area contributed by atoms with Crippen molar-refractivity contribution < 1.29 is 14.3 Å². The van der Waals surface area contributed by atoms with Gasteiger partial charge in [0, 0.05) is 32.8 Å². The van der Waals surface area contributed by atoms with Gasteiger partial charge in [0.15, 0.2) is 5.13 Å². The molecule has 2 saturated heterocycles. The number of methoxy groups -OCH3 is 1. The van der Waals surface area contributed by atoms with Crippen LogP contribution in [-0.4, -0.2) is 61.8 Å². The van der Waals surface area contributed by atoms with Crippen molar-refractivity contribution in [2.75, 3.05) is 44.8 Å². The fraction of sp³-hybridized carbons (Fsp3) is 0.556. The molecule has 25 heavy (non-hydrogen) atoms. The molecule has 1 aromatic carbocycles. The van der Waals surface area contributed by atoms with Crippen LogP contribution in [0.2, 0.25) is 0 Å². The molecule has 7 heteroatoms. The molecule has 2 aliphatic heterocycles. The average molecular weight is 361 g/mol. The molecule has 6 nitrogen and oxygen atoms in total. The van der Waals surface area contributed by atoms with Gasteiger partial charge in [-0.3, -0.25) is 4.79 Å². The quantitative estimate of drug-likeness (QED) is 0.840. The van der Waals surface area contributed by atoms with E-state index in [1.165, 1.54) is 10.3 Å². The molecule has 1 atom stereocenters. The highest BCUT2D eigenvalue weighted by Crippen LogP contribution is 2.36. The summed E-state index contributed by atoms with van der Waals surface area (Å²) in [7, 11) is 1.68. The third-order valence-corrected chi connectivity index (χ3v) is 6.23. The molecule has 2 aliphatic rings. The van der Waals surface area contributed by atoms with Gasteiger partial charge in [0.05, 0.1) is 11.8 Å². The zero-order chi connectivity index (χ0) is 17.4. The fourth-order valence-corrected chi connectivity index (χ4v) is 4.60. The first kappa shape index (κ1) is 16.6. The second-order valence-electron chi connectivity index (χ2n) is 6.57. The molecule has 0 N–H and O–H groups in total. The SMILES string of the molecule is COc1ccc(C)c2sc(N3CCN(C(=O)C4CCCO4)CC3)nc12. The van der Waals surface area contributed by atoms with Gasteiger partial charge in [-0.25, -0.2) is 4.98 Å². The van der Waals surface area contributed by atoms with E-state index in [1.54, 1.807) is 18.4 Å². The lowest BCUT2D eigenvalue weighted by atomic mass is 10.2. The predicted octanol–water partition coefficient (Wildman–Crippen LogP) is 2.44. The Morgan fingerprint density at radius 2 is 2.12 bits per heavy atom. The topological polar surface area (TPSA) is 54.9 Å². The number of piperazine rings is 1. The first-order valence-corrected chi connectivity index (χ1v) is 9.58. The Hall–Kier alpha value is -1.86. The van der Waals surface area contributed by atoms with Gasteiger partial charge in [-0.2, -0.15) is 0 Å². The summed E-state index contributed by atoms with van der Waals surface area (Å²) in [6.45, 7) is 5.87. The van der Waals surface area contributed by atoms with Crippen molar-refractivity contribution in [1.82, 2.24) is 9.88 Å². The Bertz CT molecular complexity index is 777. The summed E-state index contributed by atoms with van der Waals surface area (Å²) >= 11 is 1.70. The molecule has 4 rings (SSSR count). The molecule has 2 fully saturated rings. The van der Waals surface area contributed by atoms with Gasteiger partial charge < -0.3 is 19.3 Å². The average Bonchev–Trinajstić information content (AvgIpc) is 3.32. The minimum atomic E-state index is -0.221. The second-order valence-corrected chi connectivity index (χ2v) is 7.55. The van der Waals surface area contributed by atoms with Crippen molar-refractivity contribution in [2.24, 2.45) is 0 Å². The summed E-state index contributed by atoms with van der Waals surface area (Å²) in [5.74, 6) is 0.967. The van der Waals surface area contributed by atoms with Gasteiger partial charge in [-0.05, 0) is 31.4 Å².